The third-order valence-corrected chi connectivity index (χ3v) is 8.62. The van der Waals surface area contributed by atoms with Crippen LogP contribution in [0.1, 0.15) is 37.8 Å². The molecule has 0 aliphatic rings. The molecule has 0 amide bonds. The van der Waals surface area contributed by atoms with E-state index >= 15 is 0 Å². The summed E-state index contributed by atoms with van der Waals surface area (Å²) in [6, 6.07) is 12.7. The molecule has 40 heavy (non-hydrogen) atoms. The number of rotatable bonds is 11. The molecule has 3 rings (SSSR count). The summed E-state index contributed by atoms with van der Waals surface area (Å²) in [7, 11) is -4.16. The van der Waals surface area contributed by atoms with E-state index in [-0.39, 0.29) is 27.9 Å². The Labute approximate surface area is 236 Å². The summed E-state index contributed by atoms with van der Waals surface area (Å²) >= 11 is 6.75. The largest absolute Gasteiger partial charge is 0.573 e. The van der Waals surface area contributed by atoms with Crippen LogP contribution in [-0.2, 0) is 14.8 Å². The first kappa shape index (κ1) is 31.1. The molecule has 0 fully saturated rings. The van der Waals surface area contributed by atoms with Gasteiger partial charge >= 0.3 is 12.3 Å². The molecule has 0 heterocycles. The zero-order chi connectivity index (χ0) is 29.8. The van der Waals surface area contributed by atoms with Gasteiger partial charge in [0.1, 0.15) is 11.5 Å². The summed E-state index contributed by atoms with van der Waals surface area (Å²) in [5, 5.41) is 9.27. The van der Waals surface area contributed by atoms with Gasteiger partial charge in [-0.2, -0.15) is 0 Å². The zero-order valence-electron chi connectivity index (χ0n) is 22.3. The van der Waals surface area contributed by atoms with Gasteiger partial charge < -0.3 is 14.6 Å². The van der Waals surface area contributed by atoms with Crippen molar-refractivity contribution in [2.45, 2.75) is 57.9 Å². The van der Waals surface area contributed by atoms with Crippen molar-refractivity contribution in [2.75, 3.05) is 10.8 Å². The number of sulfonamides is 1. The van der Waals surface area contributed by atoms with Gasteiger partial charge in [0.2, 0.25) is 0 Å². The molecule has 0 aliphatic carbocycles. The van der Waals surface area contributed by atoms with Crippen LogP contribution in [0.4, 0.5) is 18.9 Å². The monoisotopic (exact) mass is 599 g/mol. The highest BCUT2D eigenvalue weighted by Crippen LogP contribution is 2.40. The maximum atomic E-state index is 14.0. The topological polar surface area (TPSA) is 93.1 Å². The van der Waals surface area contributed by atoms with Crippen LogP contribution in [0.5, 0.6) is 11.5 Å². The minimum Gasteiger partial charge on any atom is -0.479 e. The molecule has 7 nitrogen and oxygen atoms in total. The standard InChI is InChI=1S/C28H29ClF3NO6S/c1-5-6-16-33(40(36,37)25-15-14-24(17(2)18(25)3)38-19(4)27(34)35)23-9-7-8-22(26(23)29)20-10-12-21(13-11-20)39-28(30,31)32/h7-15,19H,5-6,16H2,1-4H3,(H,34,35). The van der Waals surface area contributed by atoms with E-state index in [9.17, 15) is 26.4 Å². The lowest BCUT2D eigenvalue weighted by atomic mass is 10.0. The molecule has 1 N–H and O–H groups in total. The highest BCUT2D eigenvalue weighted by molar-refractivity contribution is 7.92. The quantitative estimate of drug-likeness (QED) is 0.247. The van der Waals surface area contributed by atoms with Crippen LogP contribution in [0.2, 0.25) is 5.02 Å². The minimum absolute atomic E-state index is 0.00607. The molecule has 3 aromatic rings. The number of carboxylic acids is 1. The van der Waals surface area contributed by atoms with Crippen LogP contribution in [0.15, 0.2) is 59.5 Å². The summed E-state index contributed by atoms with van der Waals surface area (Å²) in [6.07, 6.45) is -4.74. The number of unbranched alkanes of at least 4 members (excludes halogenated alkanes) is 1. The number of halogens is 4. The van der Waals surface area contributed by atoms with Crippen LogP contribution in [0, 0.1) is 13.8 Å². The predicted molar refractivity (Wildman–Crippen MR) is 147 cm³/mol. The smallest absolute Gasteiger partial charge is 0.479 e. The third-order valence-electron chi connectivity index (χ3n) is 6.27. The lowest BCUT2D eigenvalue weighted by molar-refractivity contribution is -0.274. The number of carboxylic acid groups (broad SMARTS) is 1. The van der Waals surface area contributed by atoms with E-state index in [1.807, 2.05) is 6.92 Å². The first-order valence-electron chi connectivity index (χ1n) is 12.3. The number of hydrogen-bond acceptors (Lipinski definition) is 5. The van der Waals surface area contributed by atoms with E-state index < -0.39 is 34.2 Å². The van der Waals surface area contributed by atoms with E-state index in [1.54, 1.807) is 32.0 Å². The van der Waals surface area contributed by atoms with Gasteiger partial charge in [-0.15, -0.1) is 13.2 Å². The summed E-state index contributed by atoms with van der Waals surface area (Å²) in [5.74, 6) is -1.30. The van der Waals surface area contributed by atoms with Gasteiger partial charge in [-0.05, 0) is 74.2 Å². The number of anilines is 1. The Kier molecular flexibility index (Phi) is 9.63. The van der Waals surface area contributed by atoms with E-state index in [0.29, 0.717) is 35.1 Å². The molecular formula is C28H29ClF3NO6S. The summed E-state index contributed by atoms with van der Waals surface area (Å²) in [6.45, 7) is 6.67. The van der Waals surface area contributed by atoms with Crippen LogP contribution in [0.25, 0.3) is 11.1 Å². The molecule has 0 saturated carbocycles. The number of alkyl halides is 3. The summed E-state index contributed by atoms with van der Waals surface area (Å²) < 4.78 is 76.4. The molecule has 3 aromatic carbocycles. The molecule has 1 atom stereocenters. The molecule has 0 aliphatic heterocycles. The molecular weight excluding hydrogens is 571 g/mol. The normalized spacial score (nSPS) is 12.6. The SMILES string of the molecule is CCCCN(c1cccc(-c2ccc(OC(F)(F)F)cc2)c1Cl)S(=O)(=O)c1ccc(OC(C)C(=O)O)c(C)c1C. The van der Waals surface area contributed by atoms with Crippen molar-refractivity contribution in [3.63, 3.8) is 0 Å². The van der Waals surface area contributed by atoms with Crippen molar-refractivity contribution in [1.29, 1.82) is 0 Å². The molecule has 0 saturated heterocycles. The molecule has 0 radical (unpaired) electrons. The second-order valence-electron chi connectivity index (χ2n) is 9.05. The van der Waals surface area contributed by atoms with Gasteiger partial charge in [0.15, 0.2) is 6.10 Å². The Balaban J connectivity index is 2.06. The first-order chi connectivity index (χ1) is 18.7. The Hall–Kier alpha value is -3.44. The van der Waals surface area contributed by atoms with Crippen LogP contribution >= 0.6 is 11.6 Å². The molecule has 12 heteroatoms. The summed E-state index contributed by atoms with van der Waals surface area (Å²) in [4.78, 5) is 11.2. The fourth-order valence-corrected chi connectivity index (χ4v) is 6.17. The molecule has 1 unspecified atom stereocenters. The van der Waals surface area contributed by atoms with E-state index in [4.69, 9.17) is 21.4 Å². The van der Waals surface area contributed by atoms with Crippen molar-refractivity contribution in [3.8, 4) is 22.6 Å². The van der Waals surface area contributed by atoms with E-state index in [1.165, 1.54) is 35.5 Å². The van der Waals surface area contributed by atoms with Crippen LogP contribution in [0.3, 0.4) is 0 Å². The van der Waals surface area contributed by atoms with Crippen LogP contribution < -0.4 is 13.8 Å². The van der Waals surface area contributed by atoms with Gasteiger partial charge in [0, 0.05) is 12.1 Å². The average Bonchev–Trinajstić information content (AvgIpc) is 2.87. The van der Waals surface area contributed by atoms with Crippen molar-refractivity contribution < 1.29 is 41.0 Å². The van der Waals surface area contributed by atoms with Gasteiger partial charge in [-0.3, -0.25) is 4.31 Å². The minimum atomic E-state index is -4.83. The fourth-order valence-electron chi connectivity index (χ4n) is 3.98. The highest BCUT2D eigenvalue weighted by atomic mass is 35.5. The number of hydrogen-bond donors (Lipinski definition) is 1. The first-order valence-corrected chi connectivity index (χ1v) is 14.2. The molecule has 0 bridgehead atoms. The molecule has 0 aromatic heterocycles. The Bertz CT molecular complexity index is 1480. The fraction of sp³-hybridized carbons (Fsp3) is 0.321. The Morgan fingerprint density at radius 1 is 1.05 bits per heavy atom. The lowest BCUT2D eigenvalue weighted by Gasteiger charge is -2.27. The third kappa shape index (κ3) is 7.00. The second kappa shape index (κ2) is 12.4. The predicted octanol–water partition coefficient (Wildman–Crippen LogP) is 7.37. The van der Waals surface area contributed by atoms with E-state index in [2.05, 4.69) is 4.74 Å². The van der Waals surface area contributed by atoms with Gasteiger partial charge in [0.25, 0.3) is 10.0 Å². The number of aliphatic carboxylic acids is 1. The van der Waals surface area contributed by atoms with Crippen molar-refractivity contribution >= 4 is 33.3 Å². The summed E-state index contributed by atoms with van der Waals surface area (Å²) in [5.41, 5.74) is 1.97. The van der Waals surface area contributed by atoms with Crippen molar-refractivity contribution in [1.82, 2.24) is 0 Å². The number of carbonyl (C=O) groups is 1. The Morgan fingerprint density at radius 2 is 1.70 bits per heavy atom. The lowest BCUT2D eigenvalue weighted by Crippen LogP contribution is -2.33. The van der Waals surface area contributed by atoms with Crippen molar-refractivity contribution in [2.24, 2.45) is 0 Å². The second-order valence-corrected chi connectivity index (χ2v) is 11.3. The van der Waals surface area contributed by atoms with Gasteiger partial charge in [0.05, 0.1) is 15.6 Å². The number of benzene rings is 3. The van der Waals surface area contributed by atoms with Gasteiger partial charge in [-0.25, -0.2) is 13.2 Å². The zero-order valence-corrected chi connectivity index (χ0v) is 23.8. The molecule has 216 valence electrons. The highest BCUT2D eigenvalue weighted by Gasteiger charge is 2.32. The van der Waals surface area contributed by atoms with Crippen LogP contribution in [-0.4, -0.2) is 38.5 Å². The maximum Gasteiger partial charge on any atom is 0.573 e. The van der Waals surface area contributed by atoms with Crippen molar-refractivity contribution in [3.05, 3.63) is 70.7 Å². The number of nitrogens with zero attached hydrogens (tertiary/aromatic N) is 1. The Morgan fingerprint density at radius 3 is 2.27 bits per heavy atom. The maximum absolute atomic E-state index is 14.0. The number of ether oxygens (including phenoxy) is 2. The van der Waals surface area contributed by atoms with E-state index in [0.717, 1.165) is 12.1 Å². The average molecular weight is 600 g/mol. The molecule has 0 spiro atoms. The van der Waals surface area contributed by atoms with Gasteiger partial charge in [-0.1, -0.05) is 49.2 Å².